The van der Waals surface area contributed by atoms with E-state index >= 15 is 0 Å². The Morgan fingerprint density at radius 1 is 1.43 bits per heavy atom. The average molecular weight is 431 g/mol. The monoisotopic (exact) mass is 428 g/mol. The van der Waals surface area contributed by atoms with Crippen LogP contribution in [0, 0.1) is 0 Å². The number of halogens is 4. The molecule has 0 saturated carbocycles. The minimum absolute atomic E-state index is 0.355. The molecule has 0 saturated heterocycles. The SMILES string of the molecule is COc1ccc(-c2csc(NC(=O)C(Cl)(Cl)Cl)n2)cc1Br. The van der Waals surface area contributed by atoms with Crippen molar-refractivity contribution in [3.63, 3.8) is 0 Å². The van der Waals surface area contributed by atoms with Crippen molar-refractivity contribution in [2.45, 2.75) is 3.79 Å². The molecule has 1 heterocycles. The van der Waals surface area contributed by atoms with Gasteiger partial charge in [0.1, 0.15) is 5.75 Å². The predicted molar refractivity (Wildman–Crippen MR) is 90.7 cm³/mol. The number of methoxy groups -OCH3 is 1. The van der Waals surface area contributed by atoms with Crippen molar-refractivity contribution < 1.29 is 9.53 Å². The van der Waals surface area contributed by atoms with Gasteiger partial charge in [-0.15, -0.1) is 11.3 Å². The van der Waals surface area contributed by atoms with Crippen LogP contribution in [-0.4, -0.2) is 21.8 Å². The summed E-state index contributed by atoms with van der Waals surface area (Å²) >= 11 is 21.1. The second-order valence-corrected chi connectivity index (χ2v) is 7.83. The van der Waals surface area contributed by atoms with Crippen LogP contribution in [-0.2, 0) is 4.79 Å². The number of thiazole rings is 1. The van der Waals surface area contributed by atoms with Crippen LogP contribution in [0.3, 0.4) is 0 Å². The molecule has 0 unspecified atom stereocenters. The molecule has 0 aliphatic rings. The van der Waals surface area contributed by atoms with E-state index in [2.05, 4.69) is 26.2 Å². The van der Waals surface area contributed by atoms with Gasteiger partial charge in [0.15, 0.2) is 5.13 Å². The number of nitrogens with zero attached hydrogens (tertiary/aromatic N) is 1. The Balaban J connectivity index is 2.20. The average Bonchev–Trinajstić information content (AvgIpc) is 2.86. The number of ether oxygens (including phenoxy) is 1. The Kier molecular flexibility index (Phi) is 5.38. The van der Waals surface area contributed by atoms with Gasteiger partial charge in [-0.05, 0) is 34.1 Å². The summed E-state index contributed by atoms with van der Waals surface area (Å²) in [6.07, 6.45) is 0. The Morgan fingerprint density at radius 3 is 2.71 bits per heavy atom. The molecule has 0 fully saturated rings. The molecule has 0 spiro atoms. The molecule has 1 aromatic carbocycles. The maximum atomic E-state index is 11.6. The molecule has 0 aliphatic carbocycles. The summed E-state index contributed by atoms with van der Waals surface area (Å²) < 4.78 is 3.95. The molecule has 21 heavy (non-hydrogen) atoms. The Hall–Kier alpha value is -0.530. The van der Waals surface area contributed by atoms with E-state index in [0.717, 1.165) is 15.8 Å². The molecular weight excluding hydrogens is 422 g/mol. The molecular formula is C12H8BrCl3N2O2S. The first-order valence-corrected chi connectivity index (χ1v) is 8.29. The molecule has 0 atom stereocenters. The normalized spacial score (nSPS) is 11.3. The van der Waals surface area contributed by atoms with E-state index < -0.39 is 9.70 Å². The third-order valence-corrected chi connectivity index (χ3v) is 4.32. The zero-order valence-corrected chi connectivity index (χ0v) is 15.2. The van der Waals surface area contributed by atoms with Crippen LogP contribution in [0.1, 0.15) is 0 Å². The first kappa shape index (κ1) is 16.8. The molecule has 0 radical (unpaired) electrons. The van der Waals surface area contributed by atoms with Gasteiger partial charge in [-0.2, -0.15) is 0 Å². The summed E-state index contributed by atoms with van der Waals surface area (Å²) in [4.78, 5) is 15.8. The predicted octanol–water partition coefficient (Wildman–Crippen LogP) is 4.89. The summed E-state index contributed by atoms with van der Waals surface area (Å²) in [6.45, 7) is 0. The highest BCUT2D eigenvalue weighted by Gasteiger charge is 2.31. The first-order chi connectivity index (χ1) is 9.81. The van der Waals surface area contributed by atoms with Gasteiger partial charge in [-0.3, -0.25) is 10.1 Å². The van der Waals surface area contributed by atoms with Crippen LogP contribution in [0.15, 0.2) is 28.1 Å². The highest BCUT2D eigenvalue weighted by Crippen LogP contribution is 2.33. The number of rotatable bonds is 3. The summed E-state index contributed by atoms with van der Waals surface area (Å²) in [5, 5.41) is 4.59. The van der Waals surface area contributed by atoms with Crippen LogP contribution in [0.25, 0.3) is 11.3 Å². The molecule has 2 aromatic rings. The molecule has 112 valence electrons. The van der Waals surface area contributed by atoms with Gasteiger partial charge < -0.3 is 4.74 Å². The third kappa shape index (κ3) is 4.23. The van der Waals surface area contributed by atoms with Crippen molar-refractivity contribution >= 4 is 73.1 Å². The third-order valence-electron chi connectivity index (χ3n) is 2.43. The van der Waals surface area contributed by atoms with Gasteiger partial charge in [-0.25, -0.2) is 4.98 Å². The van der Waals surface area contributed by atoms with Gasteiger partial charge in [0, 0.05) is 10.9 Å². The van der Waals surface area contributed by atoms with Gasteiger partial charge >= 0.3 is 0 Å². The van der Waals surface area contributed by atoms with E-state index in [1.165, 1.54) is 11.3 Å². The molecule has 0 aliphatic heterocycles. The van der Waals surface area contributed by atoms with E-state index in [-0.39, 0.29) is 0 Å². The highest BCUT2D eigenvalue weighted by molar-refractivity contribution is 9.10. The lowest BCUT2D eigenvalue weighted by atomic mass is 10.2. The van der Waals surface area contributed by atoms with Crippen LogP contribution in [0.5, 0.6) is 5.75 Å². The van der Waals surface area contributed by atoms with Crippen molar-refractivity contribution in [2.24, 2.45) is 0 Å². The number of alkyl halides is 3. The number of aromatic nitrogens is 1. The molecule has 2 rings (SSSR count). The maximum Gasteiger partial charge on any atom is 0.278 e. The zero-order chi connectivity index (χ0) is 15.6. The fourth-order valence-corrected chi connectivity index (χ4v) is 2.85. The van der Waals surface area contributed by atoms with E-state index in [1.54, 1.807) is 12.5 Å². The molecule has 4 nitrogen and oxygen atoms in total. The number of amides is 1. The van der Waals surface area contributed by atoms with Crippen molar-refractivity contribution in [2.75, 3.05) is 12.4 Å². The van der Waals surface area contributed by atoms with E-state index in [9.17, 15) is 4.79 Å². The number of anilines is 1. The number of benzene rings is 1. The van der Waals surface area contributed by atoms with Crippen molar-refractivity contribution in [3.05, 3.63) is 28.1 Å². The van der Waals surface area contributed by atoms with E-state index in [4.69, 9.17) is 39.5 Å². The largest absolute Gasteiger partial charge is 0.496 e. The number of nitrogens with one attached hydrogen (secondary N) is 1. The van der Waals surface area contributed by atoms with Gasteiger partial charge in [0.25, 0.3) is 9.70 Å². The van der Waals surface area contributed by atoms with Gasteiger partial charge in [0.2, 0.25) is 0 Å². The first-order valence-electron chi connectivity index (χ1n) is 5.49. The molecule has 1 amide bonds. The number of hydrogen-bond donors (Lipinski definition) is 1. The molecule has 0 bridgehead atoms. The number of carbonyl (C=O) groups is 1. The van der Waals surface area contributed by atoms with E-state index in [0.29, 0.717) is 10.8 Å². The Bertz CT molecular complexity index is 673. The van der Waals surface area contributed by atoms with Crippen LogP contribution in [0.4, 0.5) is 5.13 Å². The summed E-state index contributed by atoms with van der Waals surface area (Å²) in [5.41, 5.74) is 1.57. The highest BCUT2D eigenvalue weighted by atomic mass is 79.9. The van der Waals surface area contributed by atoms with Crippen LogP contribution < -0.4 is 10.1 Å². The lowest BCUT2D eigenvalue weighted by molar-refractivity contribution is -0.115. The lowest BCUT2D eigenvalue weighted by Crippen LogP contribution is -2.26. The molecule has 9 heteroatoms. The number of hydrogen-bond acceptors (Lipinski definition) is 4. The fraction of sp³-hybridized carbons (Fsp3) is 0.167. The summed E-state index contributed by atoms with van der Waals surface area (Å²) in [5.74, 6) is -0.0250. The minimum Gasteiger partial charge on any atom is -0.496 e. The molecule has 1 N–H and O–H groups in total. The van der Waals surface area contributed by atoms with Gasteiger partial charge in [-0.1, -0.05) is 34.8 Å². The maximum absolute atomic E-state index is 11.6. The van der Waals surface area contributed by atoms with Crippen molar-refractivity contribution in [1.82, 2.24) is 4.98 Å². The standard InChI is InChI=1S/C12H8BrCl3N2O2S/c1-20-9-3-2-6(4-7(9)13)8-5-21-11(17-8)18-10(19)12(14,15)16/h2-5H,1H3,(H,17,18,19). The topological polar surface area (TPSA) is 51.2 Å². The quantitative estimate of drug-likeness (QED) is 0.706. The Labute approximate surface area is 148 Å². The van der Waals surface area contributed by atoms with Crippen LogP contribution >= 0.6 is 62.1 Å². The molecule has 1 aromatic heterocycles. The second kappa shape index (κ2) is 6.71. The van der Waals surface area contributed by atoms with Crippen molar-refractivity contribution in [3.8, 4) is 17.0 Å². The Morgan fingerprint density at radius 2 is 2.14 bits per heavy atom. The summed E-state index contributed by atoms with van der Waals surface area (Å²) in [7, 11) is 1.59. The smallest absolute Gasteiger partial charge is 0.278 e. The van der Waals surface area contributed by atoms with Crippen LogP contribution in [0.2, 0.25) is 0 Å². The lowest BCUT2D eigenvalue weighted by Gasteiger charge is -2.08. The zero-order valence-electron chi connectivity index (χ0n) is 10.5. The fourth-order valence-electron chi connectivity index (χ4n) is 1.46. The summed E-state index contributed by atoms with van der Waals surface area (Å²) in [6, 6.07) is 5.55. The van der Waals surface area contributed by atoms with E-state index in [1.807, 2.05) is 18.2 Å². The van der Waals surface area contributed by atoms with Gasteiger partial charge in [0.05, 0.1) is 17.3 Å². The van der Waals surface area contributed by atoms with Crippen molar-refractivity contribution in [1.29, 1.82) is 0 Å². The second-order valence-electron chi connectivity index (χ2n) is 3.84. The minimum atomic E-state index is -2.02. The number of carbonyl (C=O) groups excluding carboxylic acids is 1.